The van der Waals surface area contributed by atoms with Gasteiger partial charge in [-0.15, -0.1) is 0 Å². The Hall–Kier alpha value is -1.62. The van der Waals surface area contributed by atoms with Crippen molar-refractivity contribution in [2.45, 2.75) is 37.2 Å². The number of benzene rings is 3. The van der Waals surface area contributed by atoms with Gasteiger partial charge in [-0.05, 0) is 0 Å². The maximum absolute atomic E-state index is 4.69. The SMILES string of the molecule is CC1=C(C)[C]2([Zr+2]([c]3ccccc3)([c]3ccccc3)([c]3ccccc3)[c]3ccc[pH]3)C(=C1C)CC2C.[Cl-].[Cl-]. The average Bonchev–Trinajstić information content (AvgIpc) is 3.50. The largest absolute Gasteiger partial charge is 1.00 e. The van der Waals surface area contributed by atoms with Crippen LogP contribution in [0.4, 0.5) is 0 Å². The minimum absolute atomic E-state index is 0. The fourth-order valence-electron chi connectivity index (χ4n) is 8.62. The molecule has 3 atom stereocenters. The first-order valence-corrected chi connectivity index (χ1v) is 20.1. The van der Waals surface area contributed by atoms with E-state index in [2.05, 4.69) is 137 Å². The molecule has 1 fully saturated rings. The van der Waals surface area contributed by atoms with E-state index in [0.29, 0.717) is 5.92 Å². The van der Waals surface area contributed by atoms with E-state index < -0.39 is 18.8 Å². The number of rotatable bonds is 5. The summed E-state index contributed by atoms with van der Waals surface area (Å²) in [5.74, 6) is 3.01. The molecule has 1 heterocycles. The molecule has 3 unspecified atom stereocenters. The molecule has 37 heavy (non-hydrogen) atoms. The van der Waals surface area contributed by atoms with Crippen LogP contribution in [0.2, 0.25) is 3.12 Å². The standard InChI is InChI=1S/C11H15.3C6H5.C4H4P.2ClH.Zr/c1-6-5-10-8(3)7(2)9(4)11(6)10;3*1-2-4-6-5-3-1;1-2-4-5-3-1;;;/h6H,5H2,1-4H3;3*1-5H;1-3,5H;2*1H;/q;;;;;;;+2/p-2. The van der Waals surface area contributed by atoms with Gasteiger partial charge >= 0.3 is 214 Å². The van der Waals surface area contributed by atoms with Crippen LogP contribution < -0.4 is 37.6 Å². The first-order chi connectivity index (χ1) is 17.0. The van der Waals surface area contributed by atoms with Gasteiger partial charge in [-0.25, -0.2) is 0 Å². The summed E-state index contributed by atoms with van der Waals surface area (Å²) in [5, 5.41) is 0. The molecular weight excluding hydrogens is 589 g/mol. The van der Waals surface area contributed by atoms with Gasteiger partial charge in [0.05, 0.1) is 0 Å². The molecule has 1 aromatic heterocycles. The van der Waals surface area contributed by atoms with Crippen molar-refractivity contribution >= 4 is 21.0 Å². The molecule has 0 bridgehead atoms. The van der Waals surface area contributed by atoms with Gasteiger partial charge in [-0.2, -0.15) is 0 Å². The summed E-state index contributed by atoms with van der Waals surface area (Å²) in [5.41, 5.74) is 6.43. The number of halogens is 2. The van der Waals surface area contributed by atoms with E-state index in [1.165, 1.54) is 12.0 Å². The van der Waals surface area contributed by atoms with E-state index in [4.69, 9.17) is 0 Å². The van der Waals surface area contributed by atoms with Gasteiger partial charge in [0.25, 0.3) is 0 Å². The summed E-state index contributed by atoms with van der Waals surface area (Å²) in [6.45, 7) is 9.82. The maximum Gasteiger partial charge on any atom is -1.00 e. The second-order valence-electron chi connectivity index (χ2n) is 10.7. The van der Waals surface area contributed by atoms with Crippen molar-refractivity contribution in [2.24, 2.45) is 5.92 Å². The molecule has 4 aromatic rings. The van der Waals surface area contributed by atoms with Gasteiger partial charge in [-0.1, -0.05) is 0 Å². The first-order valence-electron chi connectivity index (χ1n) is 12.9. The summed E-state index contributed by atoms with van der Waals surface area (Å²) in [7, 11) is 0.722. The average molecular weight is 624 g/mol. The molecular formula is C33H34Cl2PZr. The zero-order valence-electron chi connectivity index (χ0n) is 21.9. The molecule has 0 nitrogen and oxygen atoms in total. The summed E-state index contributed by atoms with van der Waals surface area (Å²) in [6, 6.07) is 40.1. The van der Waals surface area contributed by atoms with E-state index in [0.717, 1.165) is 8.19 Å². The Kier molecular flexibility index (Phi) is 7.80. The summed E-state index contributed by atoms with van der Waals surface area (Å²) < 4.78 is 6.50. The van der Waals surface area contributed by atoms with Crippen molar-refractivity contribution in [1.29, 1.82) is 0 Å². The van der Waals surface area contributed by atoms with Crippen LogP contribution in [0.5, 0.6) is 0 Å². The first kappa shape index (κ1) is 28.4. The summed E-state index contributed by atoms with van der Waals surface area (Å²) in [6.07, 6.45) is 1.21. The molecule has 0 N–H and O–H groups in total. The summed E-state index contributed by atoms with van der Waals surface area (Å²) in [4.78, 5) is 0. The molecule has 6 rings (SSSR count). The third kappa shape index (κ3) is 3.13. The van der Waals surface area contributed by atoms with E-state index in [9.17, 15) is 0 Å². The van der Waals surface area contributed by atoms with E-state index in [-0.39, 0.29) is 27.9 Å². The van der Waals surface area contributed by atoms with Crippen LogP contribution in [0.1, 0.15) is 34.1 Å². The Labute approximate surface area is 237 Å². The van der Waals surface area contributed by atoms with Crippen molar-refractivity contribution in [2.75, 3.05) is 0 Å². The second kappa shape index (κ2) is 10.2. The van der Waals surface area contributed by atoms with Crippen LogP contribution in [0, 0.1) is 5.92 Å². The van der Waals surface area contributed by atoms with Crippen molar-refractivity contribution < 1.29 is 43.6 Å². The number of hydrogen-bond donors (Lipinski definition) is 0. The van der Waals surface area contributed by atoms with Crippen LogP contribution in [0.25, 0.3) is 0 Å². The quantitative estimate of drug-likeness (QED) is 0.310. The Morgan fingerprint density at radius 2 is 1.11 bits per heavy atom. The zero-order valence-corrected chi connectivity index (χ0v) is 26.9. The Balaban J connectivity index is 0.00000160. The fourth-order valence-corrected chi connectivity index (χ4v) is 39.7. The summed E-state index contributed by atoms with van der Waals surface area (Å²) >= 11 is -4.69. The molecule has 2 aliphatic carbocycles. The van der Waals surface area contributed by atoms with Crippen molar-refractivity contribution in [3.8, 4) is 0 Å². The van der Waals surface area contributed by atoms with Crippen LogP contribution in [-0.4, -0.2) is 0 Å². The molecule has 0 spiro atoms. The van der Waals surface area contributed by atoms with Crippen LogP contribution in [0.15, 0.2) is 131 Å². The number of hydrogen-bond acceptors (Lipinski definition) is 0. The normalized spacial score (nSPS) is 21.3. The number of allylic oxidation sites excluding steroid dienone is 4. The fraction of sp³-hybridized carbons (Fsp3) is 0.212. The topological polar surface area (TPSA) is 0 Å². The van der Waals surface area contributed by atoms with Crippen LogP contribution >= 0.6 is 8.19 Å². The molecule has 0 saturated heterocycles. The zero-order chi connectivity index (χ0) is 24.3. The van der Waals surface area contributed by atoms with Crippen molar-refractivity contribution in [1.82, 2.24) is 0 Å². The molecule has 0 amide bonds. The Bertz CT molecular complexity index is 1340. The predicted octanol–water partition coefficient (Wildman–Crippen LogP) is 0.882. The molecule has 2 aliphatic rings. The third-order valence-electron chi connectivity index (χ3n) is 9.87. The molecule has 189 valence electrons. The van der Waals surface area contributed by atoms with Crippen LogP contribution in [0.3, 0.4) is 0 Å². The maximum atomic E-state index is 2.55. The van der Waals surface area contributed by atoms with E-state index in [1.807, 2.05) is 0 Å². The van der Waals surface area contributed by atoms with Gasteiger partial charge in [0.1, 0.15) is 0 Å². The Morgan fingerprint density at radius 3 is 1.46 bits per heavy atom. The van der Waals surface area contributed by atoms with Crippen LogP contribution in [-0.2, 0) is 18.8 Å². The second-order valence-corrected chi connectivity index (χ2v) is 26.8. The molecule has 0 radical (unpaired) electrons. The van der Waals surface area contributed by atoms with Crippen molar-refractivity contribution in [3.05, 3.63) is 131 Å². The minimum atomic E-state index is -4.69. The van der Waals surface area contributed by atoms with Gasteiger partial charge in [0.2, 0.25) is 0 Å². The van der Waals surface area contributed by atoms with E-state index >= 15 is 0 Å². The monoisotopic (exact) mass is 621 g/mol. The predicted molar refractivity (Wildman–Crippen MR) is 151 cm³/mol. The van der Waals surface area contributed by atoms with Gasteiger partial charge in [0.15, 0.2) is 0 Å². The van der Waals surface area contributed by atoms with Gasteiger partial charge < -0.3 is 24.8 Å². The van der Waals surface area contributed by atoms with Crippen molar-refractivity contribution in [3.63, 3.8) is 0 Å². The van der Waals surface area contributed by atoms with E-state index in [1.54, 1.807) is 29.5 Å². The third-order valence-corrected chi connectivity index (χ3v) is 35.5. The Morgan fingerprint density at radius 1 is 0.649 bits per heavy atom. The minimum Gasteiger partial charge on any atom is -1.00 e. The molecule has 3 aromatic carbocycles. The molecule has 4 heteroatoms. The smallest absolute Gasteiger partial charge is 1.00 e. The molecule has 1 saturated carbocycles. The molecule has 0 aliphatic heterocycles. The van der Waals surface area contributed by atoms with Gasteiger partial charge in [-0.3, -0.25) is 0 Å². The van der Waals surface area contributed by atoms with Gasteiger partial charge in [0, 0.05) is 0 Å². The number of fused-ring (bicyclic) bond motifs is 1.